The van der Waals surface area contributed by atoms with Gasteiger partial charge in [-0.15, -0.1) is 0 Å². The van der Waals surface area contributed by atoms with E-state index in [-0.39, 0.29) is 11.9 Å². The minimum Gasteiger partial charge on any atom is -0.490 e. The van der Waals surface area contributed by atoms with Crippen LogP contribution in [0.3, 0.4) is 0 Å². The lowest BCUT2D eigenvalue weighted by Crippen LogP contribution is -2.22. The van der Waals surface area contributed by atoms with Crippen LogP contribution < -0.4 is 4.74 Å². The maximum atomic E-state index is 11.0. The quantitative estimate of drug-likeness (QED) is 0.802. The number of ether oxygens (including phenoxy) is 1. The molecule has 1 aliphatic rings. The van der Waals surface area contributed by atoms with Crippen molar-refractivity contribution in [2.24, 2.45) is 0 Å². The summed E-state index contributed by atoms with van der Waals surface area (Å²) in [7, 11) is 1.73. The van der Waals surface area contributed by atoms with Gasteiger partial charge in [-0.25, -0.2) is 8.42 Å². The first-order chi connectivity index (χ1) is 8.53. The van der Waals surface area contributed by atoms with Crippen LogP contribution in [0.5, 0.6) is 5.75 Å². The average molecular weight is 307 g/mol. The molecule has 2 rings (SSSR count). The van der Waals surface area contributed by atoms with Crippen molar-refractivity contribution in [3.05, 3.63) is 29.8 Å². The summed E-state index contributed by atoms with van der Waals surface area (Å²) < 4.78 is 27.9. The number of hydrogen-bond acceptors (Lipinski definition) is 4. The summed E-state index contributed by atoms with van der Waals surface area (Å²) in [6, 6.07) is 7.14. The molecule has 0 saturated carbocycles. The zero-order valence-corrected chi connectivity index (χ0v) is 12.2. The third-order valence-electron chi connectivity index (χ3n) is 2.71. The Bertz CT molecular complexity index is 496. The van der Waals surface area contributed by atoms with Crippen LogP contribution in [-0.4, -0.2) is 26.0 Å². The zero-order chi connectivity index (χ0) is 13.0. The van der Waals surface area contributed by atoms with Crippen LogP contribution in [0, 0.1) is 0 Å². The molecule has 1 aromatic carbocycles. The third-order valence-corrected chi connectivity index (χ3v) is 4.76. The first-order valence-corrected chi connectivity index (χ1v) is 9.42. The van der Waals surface area contributed by atoms with Crippen molar-refractivity contribution in [1.29, 1.82) is 0 Å². The Labute approximate surface area is 116 Å². The molecule has 1 aliphatic heterocycles. The van der Waals surface area contributed by atoms with Gasteiger partial charge in [0.05, 0.1) is 5.75 Å². The molecule has 0 N–H and O–H groups in total. The van der Waals surface area contributed by atoms with Crippen LogP contribution in [-0.2, 0) is 14.8 Å². The summed E-state index contributed by atoms with van der Waals surface area (Å²) in [5, 5.41) is 0. The molecule has 0 radical (unpaired) electrons. The average Bonchev–Trinajstić information content (AvgIpc) is 2.28. The lowest BCUT2D eigenvalue weighted by atomic mass is 10.2. The van der Waals surface area contributed by atoms with Gasteiger partial charge in [0.2, 0.25) is 9.05 Å². The molecule has 18 heavy (non-hydrogen) atoms. The monoisotopic (exact) mass is 306 g/mol. The van der Waals surface area contributed by atoms with E-state index in [0.717, 1.165) is 30.1 Å². The predicted molar refractivity (Wildman–Crippen MR) is 75.9 cm³/mol. The van der Waals surface area contributed by atoms with Crippen molar-refractivity contribution < 1.29 is 13.2 Å². The van der Waals surface area contributed by atoms with Gasteiger partial charge in [0.1, 0.15) is 11.9 Å². The fraction of sp³-hybridized carbons (Fsp3) is 0.500. The van der Waals surface area contributed by atoms with E-state index in [0.29, 0.717) is 5.56 Å². The van der Waals surface area contributed by atoms with Gasteiger partial charge in [0.25, 0.3) is 0 Å². The van der Waals surface area contributed by atoms with Crippen LogP contribution >= 0.6 is 22.4 Å². The Morgan fingerprint density at radius 1 is 1.33 bits per heavy atom. The second-order valence-corrected chi connectivity index (χ2v) is 8.26. The van der Waals surface area contributed by atoms with E-state index in [2.05, 4.69) is 0 Å². The third kappa shape index (κ3) is 4.71. The van der Waals surface area contributed by atoms with E-state index in [1.54, 1.807) is 18.2 Å². The van der Waals surface area contributed by atoms with Crippen LogP contribution in [0.15, 0.2) is 24.3 Å². The fourth-order valence-corrected chi connectivity index (χ4v) is 3.91. The minimum atomic E-state index is -3.51. The van der Waals surface area contributed by atoms with Crippen LogP contribution in [0.1, 0.15) is 18.4 Å². The molecule has 0 aliphatic carbocycles. The lowest BCUT2D eigenvalue weighted by Gasteiger charge is -2.22. The molecule has 0 unspecified atom stereocenters. The second-order valence-electron chi connectivity index (χ2n) is 4.26. The number of halogens is 1. The summed E-state index contributed by atoms with van der Waals surface area (Å²) in [4.78, 5) is 0. The highest BCUT2D eigenvalue weighted by atomic mass is 35.7. The first-order valence-electron chi connectivity index (χ1n) is 5.78. The van der Waals surface area contributed by atoms with Gasteiger partial charge < -0.3 is 4.74 Å². The van der Waals surface area contributed by atoms with E-state index in [4.69, 9.17) is 15.4 Å². The van der Waals surface area contributed by atoms with Crippen molar-refractivity contribution in [3.63, 3.8) is 0 Å². The predicted octanol–water partition coefficient (Wildman–Crippen LogP) is 3.03. The van der Waals surface area contributed by atoms with Gasteiger partial charge >= 0.3 is 0 Å². The van der Waals surface area contributed by atoms with Crippen LogP contribution in [0.4, 0.5) is 0 Å². The van der Waals surface area contributed by atoms with Crippen molar-refractivity contribution in [1.82, 2.24) is 0 Å². The number of thioether (sulfide) groups is 1. The van der Waals surface area contributed by atoms with Crippen molar-refractivity contribution in [3.8, 4) is 5.75 Å². The number of benzene rings is 1. The molecule has 1 saturated heterocycles. The molecular weight excluding hydrogens is 292 g/mol. The Hall–Kier alpha value is -0.390. The summed E-state index contributed by atoms with van der Waals surface area (Å²) in [5.41, 5.74) is 0.660. The summed E-state index contributed by atoms with van der Waals surface area (Å²) in [5.74, 6) is 2.82. The van der Waals surface area contributed by atoms with Crippen molar-refractivity contribution in [2.75, 3.05) is 11.5 Å². The highest BCUT2D eigenvalue weighted by Gasteiger charge is 2.15. The molecule has 1 aromatic rings. The van der Waals surface area contributed by atoms with Gasteiger partial charge in [0, 0.05) is 10.7 Å². The topological polar surface area (TPSA) is 43.4 Å². The molecule has 0 spiro atoms. The highest BCUT2D eigenvalue weighted by Crippen LogP contribution is 2.24. The fourth-order valence-electron chi connectivity index (χ4n) is 1.89. The summed E-state index contributed by atoms with van der Waals surface area (Å²) in [6.45, 7) is 0. The van der Waals surface area contributed by atoms with Crippen molar-refractivity contribution >= 4 is 31.5 Å². The van der Waals surface area contributed by atoms with Gasteiger partial charge in [-0.2, -0.15) is 11.8 Å². The summed E-state index contributed by atoms with van der Waals surface area (Å²) in [6.07, 6.45) is 2.33. The molecule has 1 heterocycles. The Kier molecular flexibility index (Phi) is 4.81. The molecular formula is C12H15ClO3S2. The largest absolute Gasteiger partial charge is 0.490 e. The first kappa shape index (κ1) is 14.0. The zero-order valence-electron chi connectivity index (χ0n) is 9.84. The van der Waals surface area contributed by atoms with Crippen LogP contribution in [0.2, 0.25) is 0 Å². The summed E-state index contributed by atoms with van der Waals surface area (Å²) >= 11 is 1.94. The lowest BCUT2D eigenvalue weighted by molar-refractivity contribution is 0.192. The smallest absolute Gasteiger partial charge is 0.236 e. The second kappa shape index (κ2) is 6.17. The number of rotatable bonds is 4. The van der Waals surface area contributed by atoms with Gasteiger partial charge in [-0.05, 0) is 42.0 Å². The number of hydrogen-bond donors (Lipinski definition) is 0. The van der Waals surface area contributed by atoms with Crippen LogP contribution in [0.25, 0.3) is 0 Å². The molecule has 1 fully saturated rings. The van der Waals surface area contributed by atoms with E-state index >= 15 is 0 Å². The SMILES string of the molecule is O=S(=O)(Cl)Cc1cccc(OC2CCSCC2)c1. The normalized spacial score (nSPS) is 17.6. The standard InChI is InChI=1S/C12H15ClO3S2/c13-18(14,15)9-10-2-1-3-12(8-10)16-11-4-6-17-7-5-11/h1-3,8,11H,4-7,9H2. The maximum Gasteiger partial charge on any atom is 0.236 e. The Morgan fingerprint density at radius 3 is 2.72 bits per heavy atom. The molecule has 0 atom stereocenters. The van der Waals surface area contributed by atoms with Gasteiger partial charge in [-0.3, -0.25) is 0 Å². The molecule has 0 aromatic heterocycles. The molecule has 3 nitrogen and oxygen atoms in total. The molecule has 6 heteroatoms. The highest BCUT2D eigenvalue weighted by molar-refractivity contribution is 8.13. The Morgan fingerprint density at radius 2 is 2.06 bits per heavy atom. The maximum absolute atomic E-state index is 11.0. The van der Waals surface area contributed by atoms with E-state index in [1.165, 1.54) is 0 Å². The van der Waals surface area contributed by atoms with E-state index in [1.807, 2.05) is 17.8 Å². The van der Waals surface area contributed by atoms with E-state index in [9.17, 15) is 8.42 Å². The minimum absolute atomic E-state index is 0.160. The molecule has 0 bridgehead atoms. The van der Waals surface area contributed by atoms with Crippen molar-refractivity contribution in [2.45, 2.75) is 24.7 Å². The van der Waals surface area contributed by atoms with E-state index < -0.39 is 9.05 Å². The molecule has 100 valence electrons. The molecule has 0 amide bonds. The van der Waals surface area contributed by atoms with Gasteiger partial charge in [0.15, 0.2) is 0 Å². The Balaban J connectivity index is 2.02. The van der Waals surface area contributed by atoms with Gasteiger partial charge in [-0.1, -0.05) is 12.1 Å².